The summed E-state index contributed by atoms with van der Waals surface area (Å²) in [6, 6.07) is 16.6. The number of benzene rings is 2. The Labute approximate surface area is 110 Å². The average molecular weight is 252 g/mol. The van der Waals surface area contributed by atoms with Crippen molar-refractivity contribution in [1.29, 1.82) is 5.26 Å². The Bertz CT molecular complexity index is 649. The first-order valence-electron chi connectivity index (χ1n) is 5.94. The van der Waals surface area contributed by atoms with Crippen molar-refractivity contribution in [2.45, 2.75) is 5.54 Å². The molecule has 3 rings (SSSR count). The van der Waals surface area contributed by atoms with Crippen LogP contribution in [0, 0.1) is 11.3 Å². The van der Waals surface area contributed by atoms with Crippen molar-refractivity contribution in [3.05, 3.63) is 54.1 Å². The lowest BCUT2D eigenvalue weighted by atomic mass is 9.93. The van der Waals surface area contributed by atoms with Gasteiger partial charge < -0.3 is 15.2 Å². The summed E-state index contributed by atoms with van der Waals surface area (Å²) in [5, 5.41) is 22.2. The number of para-hydroxylation sites is 1. The maximum Gasteiger partial charge on any atom is 0.188 e. The Kier molecular flexibility index (Phi) is 2.53. The van der Waals surface area contributed by atoms with E-state index in [-0.39, 0.29) is 12.4 Å². The van der Waals surface area contributed by atoms with Crippen LogP contribution in [0.1, 0.15) is 5.56 Å². The molecule has 0 saturated heterocycles. The SMILES string of the molecule is N#CC1(Nc2ccccc2)COc2cc(O)ccc21. The molecule has 1 unspecified atom stereocenters. The molecule has 1 aliphatic heterocycles. The zero-order valence-corrected chi connectivity index (χ0v) is 10.1. The van der Waals surface area contributed by atoms with Crippen LogP contribution < -0.4 is 10.1 Å². The number of nitriles is 1. The van der Waals surface area contributed by atoms with Crippen molar-refractivity contribution in [2.24, 2.45) is 0 Å². The summed E-state index contributed by atoms with van der Waals surface area (Å²) in [5.41, 5.74) is 0.690. The van der Waals surface area contributed by atoms with E-state index < -0.39 is 5.54 Å². The number of fused-ring (bicyclic) bond motifs is 1. The summed E-state index contributed by atoms with van der Waals surface area (Å²) in [6.45, 7) is 0.219. The van der Waals surface area contributed by atoms with E-state index in [9.17, 15) is 10.4 Å². The fourth-order valence-electron chi connectivity index (χ4n) is 2.24. The van der Waals surface area contributed by atoms with Gasteiger partial charge in [0.15, 0.2) is 5.54 Å². The number of phenolic OH excluding ortho intramolecular Hbond substituents is 1. The predicted octanol–water partition coefficient (Wildman–Crippen LogP) is 2.62. The summed E-state index contributed by atoms with van der Waals surface area (Å²) in [6.07, 6.45) is 0. The Balaban J connectivity index is 2.02. The molecule has 0 bridgehead atoms. The minimum Gasteiger partial charge on any atom is -0.508 e. The van der Waals surface area contributed by atoms with E-state index in [1.165, 1.54) is 6.07 Å². The number of anilines is 1. The lowest BCUT2D eigenvalue weighted by Gasteiger charge is -2.22. The van der Waals surface area contributed by atoms with Crippen LogP contribution in [0.3, 0.4) is 0 Å². The lowest BCUT2D eigenvalue weighted by molar-refractivity contribution is 0.313. The molecule has 0 aromatic heterocycles. The minimum absolute atomic E-state index is 0.132. The highest BCUT2D eigenvalue weighted by molar-refractivity contribution is 5.58. The third kappa shape index (κ3) is 1.85. The van der Waals surface area contributed by atoms with E-state index in [0.29, 0.717) is 5.75 Å². The van der Waals surface area contributed by atoms with E-state index in [4.69, 9.17) is 4.74 Å². The standard InChI is InChI=1S/C15H12N2O2/c16-9-15(17-11-4-2-1-3-5-11)10-19-14-8-12(18)6-7-13(14)15/h1-8,17-18H,10H2. The highest BCUT2D eigenvalue weighted by atomic mass is 16.5. The Hall–Kier alpha value is -2.67. The molecule has 2 aromatic carbocycles. The predicted molar refractivity (Wildman–Crippen MR) is 71.0 cm³/mol. The van der Waals surface area contributed by atoms with Crippen molar-refractivity contribution >= 4 is 5.69 Å². The van der Waals surface area contributed by atoms with E-state index >= 15 is 0 Å². The third-order valence-electron chi connectivity index (χ3n) is 3.19. The number of aromatic hydroxyl groups is 1. The normalized spacial score (nSPS) is 20.2. The molecule has 94 valence electrons. The first-order chi connectivity index (χ1) is 9.23. The van der Waals surface area contributed by atoms with E-state index in [1.807, 2.05) is 30.3 Å². The van der Waals surface area contributed by atoms with Gasteiger partial charge in [0.05, 0.1) is 6.07 Å². The number of ether oxygens (including phenoxy) is 1. The quantitative estimate of drug-likeness (QED) is 0.862. The number of nitrogens with zero attached hydrogens (tertiary/aromatic N) is 1. The molecular formula is C15H12N2O2. The first kappa shape index (κ1) is 11.4. The monoisotopic (exact) mass is 252 g/mol. The van der Waals surface area contributed by atoms with Gasteiger partial charge in [0.2, 0.25) is 0 Å². The van der Waals surface area contributed by atoms with Gasteiger partial charge in [0.25, 0.3) is 0 Å². The van der Waals surface area contributed by atoms with Crippen molar-refractivity contribution in [1.82, 2.24) is 0 Å². The Morgan fingerprint density at radius 3 is 2.74 bits per heavy atom. The van der Waals surface area contributed by atoms with Crippen molar-refractivity contribution in [2.75, 3.05) is 11.9 Å². The zero-order valence-electron chi connectivity index (χ0n) is 10.1. The van der Waals surface area contributed by atoms with Crippen molar-refractivity contribution < 1.29 is 9.84 Å². The molecule has 0 radical (unpaired) electrons. The van der Waals surface area contributed by atoms with Gasteiger partial charge in [-0.15, -0.1) is 0 Å². The topological polar surface area (TPSA) is 65.3 Å². The Morgan fingerprint density at radius 1 is 1.21 bits per heavy atom. The van der Waals surface area contributed by atoms with Crippen LogP contribution in [0.5, 0.6) is 11.5 Å². The minimum atomic E-state index is -0.912. The van der Waals surface area contributed by atoms with Crippen LogP contribution in [0.15, 0.2) is 48.5 Å². The molecule has 1 atom stereocenters. The molecule has 0 aliphatic carbocycles. The number of rotatable bonds is 2. The molecule has 2 aromatic rings. The van der Waals surface area contributed by atoms with E-state index in [1.54, 1.807) is 12.1 Å². The summed E-state index contributed by atoms with van der Waals surface area (Å²) >= 11 is 0. The molecular weight excluding hydrogens is 240 g/mol. The van der Waals surface area contributed by atoms with Crippen LogP contribution in [-0.2, 0) is 5.54 Å². The van der Waals surface area contributed by atoms with Gasteiger partial charge >= 0.3 is 0 Å². The average Bonchev–Trinajstić information content (AvgIpc) is 2.78. The smallest absolute Gasteiger partial charge is 0.188 e. The lowest BCUT2D eigenvalue weighted by Crippen LogP contribution is -2.35. The van der Waals surface area contributed by atoms with Gasteiger partial charge in [-0.3, -0.25) is 0 Å². The second kappa shape index (κ2) is 4.21. The second-order valence-corrected chi connectivity index (χ2v) is 4.48. The molecule has 0 fully saturated rings. The summed E-state index contributed by atoms with van der Waals surface area (Å²) in [7, 11) is 0. The van der Waals surface area contributed by atoms with E-state index in [2.05, 4.69) is 11.4 Å². The maximum atomic E-state index is 9.54. The second-order valence-electron chi connectivity index (χ2n) is 4.48. The molecule has 0 saturated carbocycles. The van der Waals surface area contributed by atoms with Crippen molar-refractivity contribution in [3.8, 4) is 17.6 Å². The van der Waals surface area contributed by atoms with Crippen LogP contribution in [-0.4, -0.2) is 11.7 Å². The molecule has 4 heteroatoms. The van der Waals surface area contributed by atoms with Crippen molar-refractivity contribution in [3.63, 3.8) is 0 Å². The summed E-state index contributed by atoms with van der Waals surface area (Å²) in [4.78, 5) is 0. The molecule has 0 amide bonds. The maximum absolute atomic E-state index is 9.54. The molecule has 0 spiro atoms. The largest absolute Gasteiger partial charge is 0.508 e. The zero-order chi connectivity index (χ0) is 13.3. The van der Waals surface area contributed by atoms with Crippen LogP contribution in [0.25, 0.3) is 0 Å². The van der Waals surface area contributed by atoms with Gasteiger partial charge in [-0.2, -0.15) is 5.26 Å². The number of hydrogen-bond acceptors (Lipinski definition) is 4. The molecule has 19 heavy (non-hydrogen) atoms. The molecule has 1 heterocycles. The summed E-state index contributed by atoms with van der Waals surface area (Å²) in [5.74, 6) is 0.678. The molecule has 1 aliphatic rings. The first-order valence-corrected chi connectivity index (χ1v) is 5.94. The van der Waals surface area contributed by atoms with Crippen LogP contribution in [0.2, 0.25) is 0 Å². The van der Waals surface area contributed by atoms with Gasteiger partial charge in [-0.25, -0.2) is 0 Å². The van der Waals surface area contributed by atoms with Gasteiger partial charge in [0, 0.05) is 17.3 Å². The number of nitrogens with one attached hydrogen (secondary N) is 1. The molecule has 2 N–H and O–H groups in total. The van der Waals surface area contributed by atoms with Crippen LogP contribution in [0.4, 0.5) is 5.69 Å². The highest BCUT2D eigenvalue weighted by Gasteiger charge is 2.41. The fourth-order valence-corrected chi connectivity index (χ4v) is 2.24. The number of hydrogen-bond donors (Lipinski definition) is 2. The van der Waals surface area contributed by atoms with Gasteiger partial charge in [0.1, 0.15) is 18.1 Å². The van der Waals surface area contributed by atoms with Crippen LogP contribution >= 0.6 is 0 Å². The highest BCUT2D eigenvalue weighted by Crippen LogP contribution is 2.40. The Morgan fingerprint density at radius 2 is 2.00 bits per heavy atom. The van der Waals surface area contributed by atoms with E-state index in [0.717, 1.165) is 11.3 Å². The summed E-state index contributed by atoms with van der Waals surface area (Å²) < 4.78 is 5.51. The van der Waals surface area contributed by atoms with Gasteiger partial charge in [-0.1, -0.05) is 18.2 Å². The molecule has 4 nitrogen and oxygen atoms in total. The van der Waals surface area contributed by atoms with Gasteiger partial charge in [-0.05, 0) is 24.3 Å². The fraction of sp³-hybridized carbons (Fsp3) is 0.133. The number of phenols is 1. The third-order valence-corrected chi connectivity index (χ3v) is 3.19.